The third-order valence-corrected chi connectivity index (χ3v) is 8.81. The minimum absolute atomic E-state index is 0.0373. The molecule has 4 aromatic rings. The molecule has 1 unspecified atom stereocenters. The van der Waals surface area contributed by atoms with Crippen molar-refractivity contribution in [2.75, 3.05) is 27.9 Å². The highest BCUT2D eigenvalue weighted by Gasteiger charge is 2.62. The van der Waals surface area contributed by atoms with Crippen molar-refractivity contribution in [3.8, 4) is 11.5 Å². The average Bonchev–Trinajstić information content (AvgIpc) is 3.70. The highest BCUT2D eigenvalue weighted by Crippen LogP contribution is 2.47. The van der Waals surface area contributed by atoms with Gasteiger partial charge in [0.2, 0.25) is 0 Å². The van der Waals surface area contributed by atoms with Crippen LogP contribution in [0, 0.1) is 6.92 Å². The summed E-state index contributed by atoms with van der Waals surface area (Å²) in [6.45, 7) is 1.47. The fraction of sp³-hybridized carbons (Fsp3) is 0.314. The standard InChI is InChI=1S/C35H35N3O9/c1-22-19-38(33(41)37-31(22)39)29-18-34(30(32(40)44-4)36-21-46-34)28(47-29)20-45-35(23-8-6-5-7-9-23,24-10-14-26(42-2)15-11-24)25-12-16-27(43-3)17-13-25/h5-17,19,21,28-30H,18,20H2,1-4H3,(H,37,39,41)/t28-,29?,30-,34-/m1/s1. The average molecular weight is 642 g/mol. The molecule has 1 fully saturated rings. The number of carbonyl (C=O) groups excluding carboxylic acids is 1. The Morgan fingerprint density at radius 2 is 1.53 bits per heavy atom. The topological polar surface area (TPSA) is 140 Å². The normalized spacial score (nSPS) is 21.8. The Kier molecular flexibility index (Phi) is 8.71. The summed E-state index contributed by atoms with van der Waals surface area (Å²) in [7, 11) is 4.47. The van der Waals surface area contributed by atoms with Crippen molar-refractivity contribution in [1.82, 2.24) is 9.55 Å². The predicted octanol–water partition coefficient (Wildman–Crippen LogP) is 3.50. The molecule has 0 radical (unpaired) electrons. The number of aliphatic imine (C=N–C) groups is 1. The first kappa shape index (κ1) is 31.8. The number of nitrogens with zero attached hydrogens (tertiary/aromatic N) is 2. The van der Waals surface area contributed by atoms with Gasteiger partial charge in [0.05, 0.1) is 27.9 Å². The number of carbonyl (C=O) groups is 1. The monoisotopic (exact) mass is 641 g/mol. The van der Waals surface area contributed by atoms with Crippen molar-refractivity contribution < 1.29 is 33.2 Å². The van der Waals surface area contributed by atoms with Crippen LogP contribution in [0.25, 0.3) is 0 Å². The Hall–Kier alpha value is -5.20. The number of aromatic nitrogens is 2. The molecule has 1 saturated heterocycles. The van der Waals surface area contributed by atoms with Crippen molar-refractivity contribution in [1.29, 1.82) is 0 Å². The first-order valence-corrected chi connectivity index (χ1v) is 15.0. The number of rotatable bonds is 10. The van der Waals surface area contributed by atoms with Gasteiger partial charge in [-0.25, -0.2) is 14.6 Å². The van der Waals surface area contributed by atoms with Gasteiger partial charge in [-0.15, -0.1) is 0 Å². The van der Waals surface area contributed by atoms with Gasteiger partial charge in [0.1, 0.15) is 29.4 Å². The van der Waals surface area contributed by atoms with E-state index in [9.17, 15) is 14.4 Å². The van der Waals surface area contributed by atoms with E-state index in [4.69, 9.17) is 28.4 Å². The van der Waals surface area contributed by atoms with Crippen LogP contribution in [0.3, 0.4) is 0 Å². The Labute approximate surface area is 270 Å². The summed E-state index contributed by atoms with van der Waals surface area (Å²) in [6.07, 6.45) is 0.814. The van der Waals surface area contributed by atoms with Crippen molar-refractivity contribution in [2.24, 2.45) is 4.99 Å². The van der Waals surface area contributed by atoms with Crippen LogP contribution < -0.4 is 20.7 Å². The van der Waals surface area contributed by atoms with Gasteiger partial charge >= 0.3 is 11.7 Å². The molecule has 0 amide bonds. The molecule has 0 aliphatic carbocycles. The van der Waals surface area contributed by atoms with E-state index in [1.54, 1.807) is 21.1 Å². The Bertz CT molecular complexity index is 1820. The summed E-state index contributed by atoms with van der Waals surface area (Å²) >= 11 is 0. The Morgan fingerprint density at radius 1 is 0.936 bits per heavy atom. The molecule has 2 aliphatic rings. The maximum atomic E-state index is 13.1. The number of esters is 1. The molecule has 2 aliphatic heterocycles. The summed E-state index contributed by atoms with van der Waals surface area (Å²) in [4.78, 5) is 44.8. The van der Waals surface area contributed by atoms with Crippen molar-refractivity contribution in [3.63, 3.8) is 0 Å². The van der Waals surface area contributed by atoms with Gasteiger partial charge in [0.25, 0.3) is 5.56 Å². The molecular weight excluding hydrogens is 606 g/mol. The number of nitrogens with one attached hydrogen (secondary N) is 1. The van der Waals surface area contributed by atoms with Gasteiger partial charge in [-0.2, -0.15) is 0 Å². The summed E-state index contributed by atoms with van der Waals surface area (Å²) in [6, 6.07) is 23.8. The van der Waals surface area contributed by atoms with Crippen LogP contribution in [-0.2, 0) is 29.3 Å². The second-order valence-electron chi connectivity index (χ2n) is 11.3. The van der Waals surface area contributed by atoms with E-state index in [1.807, 2.05) is 78.9 Å². The second-order valence-corrected chi connectivity index (χ2v) is 11.3. The molecule has 12 nitrogen and oxygen atoms in total. The van der Waals surface area contributed by atoms with E-state index in [2.05, 4.69) is 9.98 Å². The zero-order valence-corrected chi connectivity index (χ0v) is 26.4. The lowest BCUT2D eigenvalue weighted by Gasteiger charge is -2.39. The van der Waals surface area contributed by atoms with Crippen molar-refractivity contribution >= 4 is 12.4 Å². The molecule has 4 atom stereocenters. The number of aryl methyl sites for hydroxylation is 1. The van der Waals surface area contributed by atoms with Crippen LogP contribution in [0.4, 0.5) is 0 Å². The quantitative estimate of drug-likeness (QED) is 0.204. The zero-order valence-electron chi connectivity index (χ0n) is 26.4. The molecule has 12 heteroatoms. The van der Waals surface area contributed by atoms with E-state index >= 15 is 0 Å². The zero-order chi connectivity index (χ0) is 33.2. The first-order valence-electron chi connectivity index (χ1n) is 15.0. The third kappa shape index (κ3) is 5.59. The molecule has 0 saturated carbocycles. The van der Waals surface area contributed by atoms with E-state index in [-0.39, 0.29) is 13.0 Å². The fourth-order valence-electron chi connectivity index (χ4n) is 6.34. The number of aromatic amines is 1. The van der Waals surface area contributed by atoms with Crippen LogP contribution in [-0.4, -0.2) is 67.6 Å². The SMILES string of the molecule is COC(=O)[C@H]1N=CO[C@@]12CC(n1cc(C)c(=O)[nH]c1=O)O[C@@H]2COC(c1ccccc1)(c1ccc(OC)cc1)c1ccc(OC)cc1. The second kappa shape index (κ2) is 12.9. The molecule has 1 N–H and O–H groups in total. The molecule has 1 aromatic heterocycles. The van der Waals surface area contributed by atoms with E-state index < -0.39 is 46.8 Å². The fourth-order valence-corrected chi connectivity index (χ4v) is 6.34. The number of methoxy groups -OCH3 is 3. The van der Waals surface area contributed by atoms with Gasteiger partial charge in [-0.3, -0.25) is 14.3 Å². The molecule has 0 bridgehead atoms. The number of ether oxygens (including phenoxy) is 6. The summed E-state index contributed by atoms with van der Waals surface area (Å²) in [5.74, 6) is 0.716. The minimum Gasteiger partial charge on any atom is -0.497 e. The molecule has 47 heavy (non-hydrogen) atoms. The van der Waals surface area contributed by atoms with Crippen LogP contribution in [0.2, 0.25) is 0 Å². The van der Waals surface area contributed by atoms with Gasteiger partial charge in [0, 0.05) is 18.2 Å². The number of H-pyrrole nitrogens is 1. The summed E-state index contributed by atoms with van der Waals surface area (Å²) < 4.78 is 37.0. The highest BCUT2D eigenvalue weighted by molar-refractivity contribution is 5.81. The summed E-state index contributed by atoms with van der Waals surface area (Å²) in [5, 5.41) is 0. The molecular formula is C35H35N3O9. The van der Waals surface area contributed by atoms with Crippen molar-refractivity contribution in [2.45, 2.75) is 42.9 Å². The molecule has 3 heterocycles. The first-order chi connectivity index (χ1) is 22.7. The number of hydrogen-bond donors (Lipinski definition) is 1. The smallest absolute Gasteiger partial charge is 0.335 e. The largest absolute Gasteiger partial charge is 0.497 e. The Morgan fingerprint density at radius 3 is 2.11 bits per heavy atom. The van der Waals surface area contributed by atoms with Crippen LogP contribution in [0.15, 0.2) is 99.6 Å². The van der Waals surface area contributed by atoms with Gasteiger partial charge in [-0.05, 0) is 47.9 Å². The lowest BCUT2D eigenvalue weighted by molar-refractivity contribution is -0.153. The van der Waals surface area contributed by atoms with Crippen molar-refractivity contribution in [3.05, 3.63) is 128 Å². The predicted molar refractivity (Wildman–Crippen MR) is 171 cm³/mol. The maximum Gasteiger partial charge on any atom is 0.335 e. The van der Waals surface area contributed by atoms with Gasteiger partial charge < -0.3 is 28.4 Å². The Balaban J connectivity index is 1.48. The van der Waals surface area contributed by atoms with Gasteiger partial charge in [-0.1, -0.05) is 54.6 Å². The molecule has 3 aromatic carbocycles. The third-order valence-electron chi connectivity index (χ3n) is 8.81. The maximum absolute atomic E-state index is 13.1. The van der Waals surface area contributed by atoms with Crippen LogP contribution in [0.1, 0.15) is 34.9 Å². The highest BCUT2D eigenvalue weighted by atomic mass is 16.6. The van der Waals surface area contributed by atoms with E-state index in [1.165, 1.54) is 24.3 Å². The minimum atomic E-state index is -1.39. The van der Waals surface area contributed by atoms with Crippen LogP contribution in [0.5, 0.6) is 11.5 Å². The molecule has 244 valence electrons. The summed E-state index contributed by atoms with van der Waals surface area (Å²) in [5.41, 5.74) is -1.03. The van der Waals surface area contributed by atoms with Gasteiger partial charge in [0.15, 0.2) is 18.0 Å². The van der Waals surface area contributed by atoms with E-state index in [0.717, 1.165) is 16.7 Å². The molecule has 1 spiro atoms. The lowest BCUT2D eigenvalue weighted by Crippen LogP contribution is -2.53. The number of hydrogen-bond acceptors (Lipinski definition) is 10. The van der Waals surface area contributed by atoms with Crippen LogP contribution >= 0.6 is 0 Å². The lowest BCUT2D eigenvalue weighted by atomic mass is 9.79. The molecule has 6 rings (SSSR count). The van der Waals surface area contributed by atoms with E-state index in [0.29, 0.717) is 17.1 Å². The number of benzene rings is 3.